The topological polar surface area (TPSA) is 161 Å². The molecule has 13 heteroatoms. The van der Waals surface area contributed by atoms with Crippen LogP contribution in [-0.4, -0.2) is 57.5 Å². The number of nitrogens with one attached hydrogen (secondary N) is 1. The van der Waals surface area contributed by atoms with Crippen LogP contribution in [-0.2, 0) is 16.1 Å². The summed E-state index contributed by atoms with van der Waals surface area (Å²) in [4.78, 5) is 39.5. The van der Waals surface area contributed by atoms with Crippen LogP contribution in [0.4, 0.5) is 5.69 Å². The van der Waals surface area contributed by atoms with Gasteiger partial charge in [0.2, 0.25) is 28.9 Å². The normalized spacial score (nSPS) is 20.1. The number of Topliss-reactive ketones (excluding diaryl/α,β-unsaturated/α-hetero) is 1. The first-order valence-electron chi connectivity index (χ1n) is 11.5. The van der Waals surface area contributed by atoms with Crippen LogP contribution < -0.4 is 25.3 Å². The number of fused-ring (bicyclic) bond motifs is 1. The van der Waals surface area contributed by atoms with Crippen LogP contribution >= 0.6 is 11.6 Å². The number of rotatable bonds is 7. The molecule has 1 spiro atoms. The molecule has 196 valence electrons. The number of aromatic nitrogens is 4. The van der Waals surface area contributed by atoms with Crippen LogP contribution in [0.15, 0.2) is 42.1 Å². The van der Waals surface area contributed by atoms with E-state index >= 15 is 0 Å². The average molecular weight is 539 g/mol. The number of methoxy groups -OCH3 is 2. The number of nitrogens with zero attached hydrogens (tertiary/aromatic N) is 4. The summed E-state index contributed by atoms with van der Waals surface area (Å²) in [7, 11) is 2.84. The number of nitrogens with two attached hydrogens (primary N) is 1. The number of hydrogen-bond donors (Lipinski definition) is 2. The molecule has 1 amide bonds. The van der Waals surface area contributed by atoms with Crippen molar-refractivity contribution in [2.24, 2.45) is 11.7 Å². The van der Waals surface area contributed by atoms with Crippen LogP contribution in [0, 0.1) is 5.92 Å². The van der Waals surface area contributed by atoms with Gasteiger partial charge in [-0.25, -0.2) is 0 Å². The number of para-hydroxylation sites is 1. The minimum absolute atomic E-state index is 0.0633. The van der Waals surface area contributed by atoms with Crippen molar-refractivity contribution in [2.45, 2.75) is 25.5 Å². The van der Waals surface area contributed by atoms with E-state index in [1.165, 1.54) is 26.4 Å². The molecule has 0 fully saturated rings. The number of ketones is 2. The van der Waals surface area contributed by atoms with Crippen LogP contribution in [0.1, 0.15) is 23.7 Å². The quantitative estimate of drug-likeness (QED) is 0.427. The van der Waals surface area contributed by atoms with E-state index in [0.717, 1.165) is 4.80 Å². The van der Waals surface area contributed by atoms with E-state index in [2.05, 4.69) is 20.7 Å². The SMILES string of the molecule is COc1cc(OC)c2c(c1Cl)OC1(C(=O)C=C(Nc3ccccc3-c3nnn(CC(N)=O)n3)CC1C)C2=O. The van der Waals surface area contributed by atoms with Gasteiger partial charge in [-0.1, -0.05) is 30.7 Å². The molecule has 0 radical (unpaired) electrons. The van der Waals surface area contributed by atoms with Gasteiger partial charge in [0, 0.05) is 35.0 Å². The van der Waals surface area contributed by atoms with E-state index in [4.69, 9.17) is 31.5 Å². The van der Waals surface area contributed by atoms with Crippen LogP contribution in [0.25, 0.3) is 11.4 Å². The van der Waals surface area contributed by atoms with Gasteiger partial charge in [-0.15, -0.1) is 10.2 Å². The second-order valence-electron chi connectivity index (χ2n) is 8.89. The van der Waals surface area contributed by atoms with Crippen molar-refractivity contribution < 1.29 is 28.6 Å². The fraction of sp³-hybridized carbons (Fsp3) is 0.280. The molecule has 0 saturated carbocycles. The zero-order valence-electron chi connectivity index (χ0n) is 20.6. The molecule has 1 aliphatic heterocycles. The molecular formula is C25H23ClN6O6. The molecular weight excluding hydrogens is 516 g/mol. The maximum absolute atomic E-state index is 13.7. The third kappa shape index (κ3) is 3.93. The first-order valence-corrected chi connectivity index (χ1v) is 11.9. The predicted octanol–water partition coefficient (Wildman–Crippen LogP) is 2.41. The van der Waals surface area contributed by atoms with Gasteiger partial charge >= 0.3 is 0 Å². The highest BCUT2D eigenvalue weighted by Crippen LogP contribution is 2.53. The molecule has 2 unspecified atom stereocenters. The Morgan fingerprint density at radius 2 is 2.00 bits per heavy atom. The Morgan fingerprint density at radius 1 is 1.26 bits per heavy atom. The van der Waals surface area contributed by atoms with Gasteiger partial charge in [-0.3, -0.25) is 14.4 Å². The smallest absolute Gasteiger partial charge is 0.241 e. The second kappa shape index (κ2) is 9.45. The molecule has 3 aromatic rings. The van der Waals surface area contributed by atoms with E-state index in [1.807, 2.05) is 0 Å². The van der Waals surface area contributed by atoms with Crippen LogP contribution in [0.3, 0.4) is 0 Å². The summed E-state index contributed by atoms with van der Waals surface area (Å²) in [5, 5.41) is 15.4. The van der Waals surface area contributed by atoms with Gasteiger partial charge in [-0.2, -0.15) is 4.80 Å². The molecule has 12 nitrogen and oxygen atoms in total. The molecule has 2 atom stereocenters. The van der Waals surface area contributed by atoms with Crippen molar-refractivity contribution in [3.8, 4) is 28.6 Å². The zero-order chi connectivity index (χ0) is 27.2. The summed E-state index contributed by atoms with van der Waals surface area (Å²) in [5.74, 6) is -1.40. The van der Waals surface area contributed by atoms with Gasteiger partial charge in [0.15, 0.2) is 5.75 Å². The summed E-state index contributed by atoms with van der Waals surface area (Å²) in [6, 6.07) is 8.64. The third-order valence-corrected chi connectivity index (χ3v) is 6.88. The molecule has 0 saturated heterocycles. The second-order valence-corrected chi connectivity index (χ2v) is 9.26. The minimum atomic E-state index is -1.78. The summed E-state index contributed by atoms with van der Waals surface area (Å²) < 4.78 is 16.7. The van der Waals surface area contributed by atoms with Crippen molar-refractivity contribution in [3.63, 3.8) is 0 Å². The van der Waals surface area contributed by atoms with Crippen molar-refractivity contribution in [2.75, 3.05) is 19.5 Å². The molecule has 0 bridgehead atoms. The Labute approximate surface area is 221 Å². The molecule has 2 aromatic carbocycles. The fourth-order valence-electron chi connectivity index (χ4n) is 4.73. The summed E-state index contributed by atoms with van der Waals surface area (Å²) >= 11 is 6.45. The highest BCUT2D eigenvalue weighted by Gasteiger charge is 2.60. The Bertz CT molecular complexity index is 1520. The van der Waals surface area contributed by atoms with E-state index < -0.39 is 29.0 Å². The summed E-state index contributed by atoms with van der Waals surface area (Å²) in [6.45, 7) is 1.55. The van der Waals surface area contributed by atoms with E-state index in [1.54, 1.807) is 31.2 Å². The number of anilines is 1. The largest absolute Gasteiger partial charge is 0.496 e. The Hall–Kier alpha value is -4.45. The molecule has 38 heavy (non-hydrogen) atoms. The molecule has 5 rings (SSSR count). The van der Waals surface area contributed by atoms with Crippen molar-refractivity contribution >= 4 is 34.8 Å². The molecule has 2 aliphatic rings. The maximum atomic E-state index is 13.7. The number of halogens is 1. The van der Waals surface area contributed by atoms with E-state index in [9.17, 15) is 14.4 Å². The van der Waals surface area contributed by atoms with E-state index in [-0.39, 0.29) is 40.2 Å². The van der Waals surface area contributed by atoms with Crippen LogP contribution in [0.2, 0.25) is 5.02 Å². The minimum Gasteiger partial charge on any atom is -0.496 e. The summed E-state index contributed by atoms with van der Waals surface area (Å²) in [5.41, 5.74) is 5.29. The van der Waals surface area contributed by atoms with Gasteiger partial charge in [0.1, 0.15) is 28.6 Å². The highest BCUT2D eigenvalue weighted by molar-refractivity contribution is 6.36. The summed E-state index contributed by atoms with van der Waals surface area (Å²) in [6.07, 6.45) is 1.66. The predicted molar refractivity (Wildman–Crippen MR) is 135 cm³/mol. The number of amides is 1. The number of carbonyl (C=O) groups is 3. The van der Waals surface area contributed by atoms with Gasteiger partial charge < -0.3 is 25.3 Å². The maximum Gasteiger partial charge on any atom is 0.241 e. The van der Waals surface area contributed by atoms with Gasteiger partial charge in [0.25, 0.3) is 0 Å². The first-order chi connectivity index (χ1) is 18.2. The number of allylic oxidation sites excluding steroid dienone is 1. The molecule has 1 aliphatic carbocycles. The Morgan fingerprint density at radius 3 is 2.68 bits per heavy atom. The number of hydrogen-bond acceptors (Lipinski definition) is 10. The van der Waals surface area contributed by atoms with Crippen molar-refractivity contribution in [1.29, 1.82) is 0 Å². The zero-order valence-corrected chi connectivity index (χ0v) is 21.4. The number of tetrazole rings is 1. The average Bonchev–Trinajstić information content (AvgIpc) is 3.47. The van der Waals surface area contributed by atoms with Crippen molar-refractivity contribution in [3.05, 3.63) is 52.7 Å². The van der Waals surface area contributed by atoms with Gasteiger partial charge in [-0.05, 0) is 23.8 Å². The Kier molecular flexibility index (Phi) is 6.27. The number of primary amides is 1. The molecule has 3 N–H and O–H groups in total. The monoisotopic (exact) mass is 538 g/mol. The lowest BCUT2D eigenvalue weighted by Crippen LogP contribution is -2.55. The lowest BCUT2D eigenvalue weighted by molar-refractivity contribution is -0.129. The van der Waals surface area contributed by atoms with Gasteiger partial charge in [0.05, 0.1) is 14.2 Å². The fourth-order valence-corrected chi connectivity index (χ4v) is 5.00. The van der Waals surface area contributed by atoms with Crippen molar-refractivity contribution in [1.82, 2.24) is 20.2 Å². The van der Waals surface area contributed by atoms with E-state index in [0.29, 0.717) is 23.4 Å². The molecule has 1 aromatic heterocycles. The first kappa shape index (κ1) is 25.2. The highest BCUT2D eigenvalue weighted by atomic mass is 35.5. The lowest BCUT2D eigenvalue weighted by Gasteiger charge is -2.35. The number of carbonyl (C=O) groups excluding carboxylic acids is 3. The lowest BCUT2D eigenvalue weighted by atomic mass is 9.74. The third-order valence-electron chi connectivity index (χ3n) is 6.52. The number of ether oxygens (including phenoxy) is 3. The van der Waals surface area contributed by atoms with Crippen LogP contribution in [0.5, 0.6) is 17.2 Å². The number of benzene rings is 2. The standard InChI is InChI=1S/C25H23ClN6O6/c1-12-8-13(28-15-7-5-4-6-14(15)24-29-31-32(30-24)11-19(27)34)9-18(33)25(12)23(35)20-16(36-2)10-17(37-3)21(26)22(20)38-25/h4-7,9-10,12,28H,8,11H2,1-3H3,(H2,27,34). The Balaban J connectivity index is 1.46. The molecule has 2 heterocycles.